The molecule has 0 fully saturated rings. The maximum Gasteiger partial charge on any atom is 0.0547 e. The molecule has 12 rings (SSSR count). The van der Waals surface area contributed by atoms with Gasteiger partial charge in [-0.2, -0.15) is 0 Å². The number of rotatable bonds is 8. The van der Waals surface area contributed by atoms with E-state index in [-0.39, 0.29) is 5.41 Å². The predicted molar refractivity (Wildman–Crippen MR) is 275 cm³/mol. The highest BCUT2D eigenvalue weighted by Gasteiger charge is 2.36. The third kappa shape index (κ3) is 6.49. The van der Waals surface area contributed by atoms with E-state index in [4.69, 9.17) is 0 Å². The van der Waals surface area contributed by atoms with E-state index in [1.807, 2.05) is 0 Å². The Morgan fingerprint density at radius 1 is 0.323 bits per heavy atom. The molecule has 10 aromatic carbocycles. The van der Waals surface area contributed by atoms with Crippen LogP contribution in [-0.2, 0) is 5.41 Å². The number of aromatic nitrogens is 1. The van der Waals surface area contributed by atoms with Crippen LogP contribution in [0.15, 0.2) is 243 Å². The topological polar surface area (TPSA) is 8.17 Å². The zero-order chi connectivity index (χ0) is 43.5. The minimum Gasteiger partial charge on any atom is -0.310 e. The van der Waals surface area contributed by atoms with Gasteiger partial charge >= 0.3 is 0 Å². The Hall–Kier alpha value is -8.20. The van der Waals surface area contributed by atoms with Crippen molar-refractivity contribution in [3.05, 3.63) is 254 Å². The second kappa shape index (κ2) is 15.6. The summed E-state index contributed by atoms with van der Waals surface area (Å²) in [4.78, 5) is 2.39. The number of para-hydroxylation sites is 3. The van der Waals surface area contributed by atoms with E-state index in [2.05, 4.69) is 266 Å². The molecule has 1 heterocycles. The number of fused-ring (bicyclic) bond motifs is 6. The fraction of sp³-hybridized carbons (Fsp3) is 0.0476. The van der Waals surface area contributed by atoms with Gasteiger partial charge in [-0.3, -0.25) is 0 Å². The Labute approximate surface area is 381 Å². The zero-order valence-corrected chi connectivity index (χ0v) is 36.5. The second-order valence-electron chi connectivity index (χ2n) is 17.7. The van der Waals surface area contributed by atoms with Crippen LogP contribution in [0.2, 0.25) is 0 Å². The van der Waals surface area contributed by atoms with Crippen LogP contribution < -0.4 is 4.90 Å². The van der Waals surface area contributed by atoms with Crippen LogP contribution in [0.4, 0.5) is 17.1 Å². The summed E-state index contributed by atoms with van der Waals surface area (Å²) in [6, 6.07) is 88.7. The Morgan fingerprint density at radius 2 is 0.800 bits per heavy atom. The maximum atomic E-state index is 2.46. The standard InChI is InChI=1S/C63H46N2/c1-63(2)57-41-48(44-19-8-4-9-20-44)35-39-54(57)55-40-38-51(42-58(55)63)64(49-21-10-5-11-22-49)50-36-33-46(34-37-50)52-23-12-14-26-59(52)65-60-27-15-13-24-56(60)62-53(25-16-28-61(62)65)47-31-29-45(30-32-47)43-17-6-3-7-18-43/h3-42H,1-2H3. The van der Waals surface area contributed by atoms with Crippen molar-refractivity contribution in [2.45, 2.75) is 19.3 Å². The first-order chi connectivity index (χ1) is 32.0. The van der Waals surface area contributed by atoms with Gasteiger partial charge in [0.1, 0.15) is 0 Å². The predicted octanol–water partition coefficient (Wildman–Crippen LogP) is 17.2. The molecule has 0 radical (unpaired) electrons. The van der Waals surface area contributed by atoms with Crippen LogP contribution in [-0.4, -0.2) is 4.57 Å². The molecule has 2 nitrogen and oxygen atoms in total. The number of hydrogen-bond donors (Lipinski definition) is 0. The molecular formula is C63H46N2. The lowest BCUT2D eigenvalue weighted by atomic mass is 9.81. The average molecular weight is 831 g/mol. The third-order valence-corrected chi connectivity index (χ3v) is 13.6. The molecule has 0 unspecified atom stereocenters. The lowest BCUT2D eigenvalue weighted by Gasteiger charge is -2.28. The van der Waals surface area contributed by atoms with Crippen LogP contribution in [0.25, 0.3) is 83.1 Å². The number of nitrogens with zero attached hydrogens (tertiary/aromatic N) is 2. The highest BCUT2D eigenvalue weighted by Crippen LogP contribution is 2.52. The van der Waals surface area contributed by atoms with E-state index in [0.717, 1.165) is 28.3 Å². The Balaban J connectivity index is 0.930. The van der Waals surface area contributed by atoms with Crippen molar-refractivity contribution >= 4 is 38.9 Å². The van der Waals surface area contributed by atoms with Gasteiger partial charge in [0.25, 0.3) is 0 Å². The lowest BCUT2D eigenvalue weighted by molar-refractivity contribution is 0.660. The first-order valence-corrected chi connectivity index (χ1v) is 22.6. The molecule has 0 saturated heterocycles. The van der Waals surface area contributed by atoms with Crippen molar-refractivity contribution < 1.29 is 0 Å². The summed E-state index contributed by atoms with van der Waals surface area (Å²) in [5, 5.41) is 2.50. The molecule has 65 heavy (non-hydrogen) atoms. The highest BCUT2D eigenvalue weighted by molar-refractivity contribution is 6.16. The Bertz CT molecular complexity index is 3530. The first kappa shape index (κ1) is 38.5. The van der Waals surface area contributed by atoms with E-state index in [9.17, 15) is 0 Å². The van der Waals surface area contributed by atoms with Crippen LogP contribution in [0.1, 0.15) is 25.0 Å². The van der Waals surface area contributed by atoms with Crippen molar-refractivity contribution in [1.29, 1.82) is 0 Å². The molecule has 1 aromatic heterocycles. The average Bonchev–Trinajstić information content (AvgIpc) is 3.83. The SMILES string of the molecule is CC1(C)c2cc(-c3ccccc3)ccc2-c2ccc(N(c3ccccc3)c3ccc(-c4ccccc4-n4c5ccccc5c5c(-c6ccc(-c7ccccc7)cc6)cccc54)cc3)cc21. The fourth-order valence-electron chi connectivity index (χ4n) is 10.4. The minimum absolute atomic E-state index is 0.165. The van der Waals surface area contributed by atoms with Gasteiger partial charge in [0, 0.05) is 38.8 Å². The molecule has 0 spiro atoms. The summed E-state index contributed by atoms with van der Waals surface area (Å²) in [6.07, 6.45) is 0. The zero-order valence-electron chi connectivity index (χ0n) is 36.5. The Morgan fingerprint density at radius 3 is 1.54 bits per heavy atom. The van der Waals surface area contributed by atoms with Gasteiger partial charge < -0.3 is 9.47 Å². The van der Waals surface area contributed by atoms with Gasteiger partial charge in [-0.15, -0.1) is 0 Å². The van der Waals surface area contributed by atoms with Crippen molar-refractivity contribution in [3.63, 3.8) is 0 Å². The molecule has 2 heteroatoms. The van der Waals surface area contributed by atoms with Crippen LogP contribution in [0, 0.1) is 0 Å². The van der Waals surface area contributed by atoms with Gasteiger partial charge in [-0.25, -0.2) is 0 Å². The third-order valence-electron chi connectivity index (χ3n) is 13.6. The molecule has 0 amide bonds. The molecule has 1 aliphatic carbocycles. The van der Waals surface area contributed by atoms with Gasteiger partial charge in [0.05, 0.1) is 16.7 Å². The molecule has 11 aromatic rings. The van der Waals surface area contributed by atoms with E-state index >= 15 is 0 Å². The highest BCUT2D eigenvalue weighted by atomic mass is 15.1. The van der Waals surface area contributed by atoms with Crippen LogP contribution in [0.3, 0.4) is 0 Å². The van der Waals surface area contributed by atoms with Gasteiger partial charge in [0.2, 0.25) is 0 Å². The molecule has 0 saturated carbocycles. The van der Waals surface area contributed by atoms with Crippen molar-refractivity contribution in [1.82, 2.24) is 4.57 Å². The largest absolute Gasteiger partial charge is 0.310 e. The molecule has 308 valence electrons. The van der Waals surface area contributed by atoms with E-state index < -0.39 is 0 Å². The molecule has 0 aliphatic heterocycles. The van der Waals surface area contributed by atoms with E-state index in [1.54, 1.807) is 0 Å². The first-order valence-electron chi connectivity index (χ1n) is 22.6. The normalized spacial score (nSPS) is 12.6. The van der Waals surface area contributed by atoms with E-state index in [1.165, 1.54) is 83.0 Å². The molecule has 0 atom stereocenters. The maximum absolute atomic E-state index is 2.46. The monoisotopic (exact) mass is 830 g/mol. The quantitative estimate of drug-likeness (QED) is 0.148. The summed E-state index contributed by atoms with van der Waals surface area (Å²) in [7, 11) is 0. The number of benzene rings is 10. The lowest BCUT2D eigenvalue weighted by Crippen LogP contribution is -2.16. The van der Waals surface area contributed by atoms with Crippen LogP contribution >= 0.6 is 0 Å². The second-order valence-corrected chi connectivity index (χ2v) is 17.7. The molecule has 1 aliphatic rings. The summed E-state index contributed by atoms with van der Waals surface area (Å²) in [5.74, 6) is 0. The summed E-state index contributed by atoms with van der Waals surface area (Å²) in [5.41, 5.74) is 21.8. The molecule has 0 bridgehead atoms. The summed E-state index contributed by atoms with van der Waals surface area (Å²) >= 11 is 0. The van der Waals surface area contributed by atoms with Crippen LogP contribution in [0.5, 0.6) is 0 Å². The minimum atomic E-state index is -0.165. The van der Waals surface area contributed by atoms with Crippen molar-refractivity contribution in [2.75, 3.05) is 4.90 Å². The summed E-state index contributed by atoms with van der Waals surface area (Å²) < 4.78 is 2.46. The van der Waals surface area contributed by atoms with Crippen molar-refractivity contribution in [2.24, 2.45) is 0 Å². The van der Waals surface area contributed by atoms with Gasteiger partial charge in [-0.05, 0) is 122 Å². The molecular weight excluding hydrogens is 785 g/mol. The summed E-state index contributed by atoms with van der Waals surface area (Å²) in [6.45, 7) is 4.74. The van der Waals surface area contributed by atoms with Crippen molar-refractivity contribution in [3.8, 4) is 61.3 Å². The van der Waals surface area contributed by atoms with E-state index in [0.29, 0.717) is 0 Å². The van der Waals surface area contributed by atoms with Gasteiger partial charge in [0.15, 0.2) is 0 Å². The smallest absolute Gasteiger partial charge is 0.0547 e. The fourth-order valence-corrected chi connectivity index (χ4v) is 10.4. The number of hydrogen-bond acceptors (Lipinski definition) is 1. The van der Waals surface area contributed by atoms with Gasteiger partial charge in [-0.1, -0.05) is 196 Å². The molecule has 0 N–H and O–H groups in total. The Kier molecular flexibility index (Phi) is 9.21. The number of anilines is 3.